The molecule has 0 bridgehead atoms. The molecule has 0 aromatic rings. The lowest BCUT2D eigenvalue weighted by Gasteiger charge is -2.38. The Labute approximate surface area is 540 Å². The van der Waals surface area contributed by atoms with Crippen LogP contribution in [0.3, 0.4) is 0 Å². The smallest absolute Gasteiger partial charge is 0.322 e. The average molecular weight is 1580 g/mol. The molecule has 29 heteroatoms. The number of hydrogen-bond donors (Lipinski definition) is 3. The van der Waals surface area contributed by atoms with Crippen LogP contribution in [0.15, 0.2) is 0 Å². The van der Waals surface area contributed by atoms with Crippen molar-refractivity contribution in [2.24, 2.45) is 21.7 Å². The van der Waals surface area contributed by atoms with Crippen molar-refractivity contribution >= 4 is 149 Å². The molecule has 0 aliphatic heterocycles. The molecule has 0 rings (SSSR count). The standard InChI is InChI=1S/C54H89Br6N3O20/c1-17-73-18-19-74-20-21-75-22-23-76-24-25-77-35-54(26-61-36(64)51(14,29-78-39(67)45(2,3)55)30-79-40(68)46(4,5)56,27-62-37(65)52(15,31-80-41(69)47(6,7)57)32-81-42(70)48(8,9)58)28-63-38(66)53(16,33-82-43(71)49(10,11)59)34-83-44(72)50(12,13)60/h17-35H2,1-16H3,(H,61,64)(H,62,65)(H,63,66). The molecule has 0 heterocycles. The van der Waals surface area contributed by atoms with E-state index in [4.69, 9.17) is 52.1 Å². The molecule has 3 N–H and O–H groups in total. The van der Waals surface area contributed by atoms with Crippen molar-refractivity contribution in [3.63, 3.8) is 0 Å². The number of carbonyl (C=O) groups excluding carboxylic acids is 9. The third-order valence-corrected chi connectivity index (χ3v) is 13.6. The van der Waals surface area contributed by atoms with Crippen molar-refractivity contribution in [3.8, 4) is 0 Å². The Bertz CT molecular complexity index is 1830. The Balaban J connectivity index is 7.85. The third kappa shape index (κ3) is 32.1. The van der Waals surface area contributed by atoms with Gasteiger partial charge in [0.2, 0.25) is 17.7 Å². The highest BCUT2D eigenvalue weighted by Crippen LogP contribution is 2.30. The van der Waals surface area contributed by atoms with Crippen LogP contribution in [0.1, 0.15) is 111 Å². The maximum absolute atomic E-state index is 14.8. The van der Waals surface area contributed by atoms with Gasteiger partial charge in [0.05, 0.1) is 59.5 Å². The van der Waals surface area contributed by atoms with E-state index in [1.54, 1.807) is 0 Å². The Morgan fingerprint density at radius 3 is 0.651 bits per heavy atom. The lowest BCUT2D eigenvalue weighted by Crippen LogP contribution is -2.59. The third-order valence-electron chi connectivity index (χ3n) is 11.7. The highest BCUT2D eigenvalue weighted by atomic mass is 79.9. The first-order valence-corrected chi connectivity index (χ1v) is 31.4. The van der Waals surface area contributed by atoms with Gasteiger partial charge in [-0.15, -0.1) is 0 Å². The molecule has 0 fully saturated rings. The van der Waals surface area contributed by atoms with Crippen LogP contribution in [0.2, 0.25) is 0 Å². The van der Waals surface area contributed by atoms with Crippen molar-refractivity contribution in [3.05, 3.63) is 0 Å². The number of ether oxygens (including phenoxy) is 11. The molecule has 0 spiro atoms. The second-order valence-electron chi connectivity index (χ2n) is 23.6. The minimum Gasteiger partial charge on any atom is -0.463 e. The Hall–Kier alpha value is -2.09. The van der Waals surface area contributed by atoms with Gasteiger partial charge in [0, 0.05) is 31.7 Å². The van der Waals surface area contributed by atoms with Gasteiger partial charge >= 0.3 is 35.8 Å². The molecule has 0 aromatic carbocycles. The zero-order valence-corrected chi connectivity index (χ0v) is 60.4. The molecule has 0 saturated carbocycles. The van der Waals surface area contributed by atoms with Crippen LogP contribution >= 0.6 is 95.6 Å². The van der Waals surface area contributed by atoms with E-state index in [0.29, 0.717) is 33.0 Å². The molecule has 0 unspecified atom stereocenters. The second kappa shape index (κ2) is 35.8. The number of rotatable bonds is 42. The second-order valence-corrected chi connectivity index (χ2v) is 35.5. The minimum absolute atomic E-state index is 0.0172. The summed E-state index contributed by atoms with van der Waals surface area (Å²) in [6.45, 7) is 21.6. The summed E-state index contributed by atoms with van der Waals surface area (Å²) in [6, 6.07) is 0. The Morgan fingerprint density at radius 2 is 0.470 bits per heavy atom. The number of alkyl halides is 6. The summed E-state index contributed by atoms with van der Waals surface area (Å²) in [5.41, 5.74) is -6.98. The van der Waals surface area contributed by atoms with Crippen LogP contribution < -0.4 is 16.0 Å². The number of carbonyl (C=O) groups is 9. The molecule has 3 amide bonds. The molecular weight excluding hydrogens is 1490 g/mol. The minimum atomic E-state index is -1.79. The molecule has 23 nitrogen and oxygen atoms in total. The number of nitrogens with one attached hydrogen (secondary N) is 3. The fraction of sp³-hybridized carbons (Fsp3) is 0.833. The number of halogens is 6. The fourth-order valence-electron chi connectivity index (χ4n) is 5.89. The SMILES string of the molecule is CCOCCOCCOCCOCCOCC(CNC(=O)C(C)(COC(=O)C(C)(C)Br)COC(=O)C(C)(C)Br)(CNC(=O)C(C)(COC(=O)C(C)(C)Br)COC(=O)C(C)(C)Br)CNC(=O)C(C)(COC(=O)C(C)(C)Br)COC(=O)C(C)(C)Br. The van der Waals surface area contributed by atoms with Crippen LogP contribution in [0.4, 0.5) is 0 Å². The first kappa shape index (κ1) is 80.9. The highest BCUT2D eigenvalue weighted by Gasteiger charge is 2.46. The van der Waals surface area contributed by atoms with Crippen molar-refractivity contribution in [1.82, 2.24) is 16.0 Å². The summed E-state index contributed by atoms with van der Waals surface area (Å²) >= 11 is 19.6. The van der Waals surface area contributed by atoms with Crippen molar-refractivity contribution in [2.75, 3.05) is 125 Å². The van der Waals surface area contributed by atoms with E-state index >= 15 is 0 Å². The topological polar surface area (TPSA) is 291 Å². The molecule has 83 heavy (non-hydrogen) atoms. The number of amides is 3. The Morgan fingerprint density at radius 1 is 0.289 bits per heavy atom. The van der Waals surface area contributed by atoms with E-state index in [9.17, 15) is 43.2 Å². The van der Waals surface area contributed by atoms with Gasteiger partial charge in [-0.3, -0.25) is 43.2 Å². The molecule has 0 saturated heterocycles. The monoisotopic (exact) mass is 1570 g/mol. The highest BCUT2D eigenvalue weighted by molar-refractivity contribution is 9.11. The molecule has 0 radical (unpaired) electrons. The van der Waals surface area contributed by atoms with Crippen LogP contribution in [0, 0.1) is 21.7 Å². The fourth-order valence-corrected chi connectivity index (χ4v) is 6.58. The zero-order chi connectivity index (χ0) is 64.5. The Kier molecular flexibility index (Phi) is 34.9. The maximum Gasteiger partial charge on any atom is 0.322 e. The van der Waals surface area contributed by atoms with Gasteiger partial charge < -0.3 is 68.1 Å². The molecule has 0 aliphatic rings. The largest absolute Gasteiger partial charge is 0.463 e. The predicted molar refractivity (Wildman–Crippen MR) is 329 cm³/mol. The zero-order valence-electron chi connectivity index (χ0n) is 50.9. The lowest BCUT2D eigenvalue weighted by molar-refractivity contribution is -0.161. The molecule has 0 aliphatic carbocycles. The van der Waals surface area contributed by atoms with E-state index in [1.165, 1.54) is 104 Å². The number of esters is 6. The predicted octanol–water partition coefficient (Wildman–Crippen LogP) is 6.74. The number of hydrogen-bond acceptors (Lipinski definition) is 20. The molecular formula is C54H89Br6N3O20. The maximum atomic E-state index is 14.8. The van der Waals surface area contributed by atoms with E-state index in [2.05, 4.69) is 112 Å². The molecule has 0 atom stereocenters. The van der Waals surface area contributed by atoms with Gasteiger partial charge in [0.25, 0.3) is 0 Å². The van der Waals surface area contributed by atoms with E-state index < -0.39 is 160 Å². The van der Waals surface area contributed by atoms with Crippen LogP contribution in [0.25, 0.3) is 0 Å². The van der Waals surface area contributed by atoms with E-state index in [0.717, 1.165) is 0 Å². The van der Waals surface area contributed by atoms with Gasteiger partial charge in [0.1, 0.15) is 81.8 Å². The first-order chi connectivity index (χ1) is 37.7. The van der Waals surface area contributed by atoms with Gasteiger partial charge in [-0.25, -0.2) is 0 Å². The lowest BCUT2D eigenvalue weighted by atomic mass is 9.84. The summed E-state index contributed by atoms with van der Waals surface area (Å²) in [7, 11) is 0. The van der Waals surface area contributed by atoms with Crippen LogP contribution in [0.5, 0.6) is 0 Å². The normalized spacial score (nSPS) is 13.1. The molecule has 482 valence electrons. The van der Waals surface area contributed by atoms with Gasteiger partial charge in [0.15, 0.2) is 0 Å². The van der Waals surface area contributed by atoms with Crippen LogP contribution in [-0.2, 0) is 95.3 Å². The van der Waals surface area contributed by atoms with Crippen LogP contribution in [-0.4, -0.2) is 205 Å². The summed E-state index contributed by atoms with van der Waals surface area (Å²) in [5.74, 6) is -6.93. The van der Waals surface area contributed by atoms with Gasteiger partial charge in [-0.1, -0.05) is 95.6 Å². The van der Waals surface area contributed by atoms with Gasteiger partial charge in [-0.05, 0) is 111 Å². The van der Waals surface area contributed by atoms with E-state index in [1.807, 2.05) is 6.92 Å². The summed E-state index contributed by atoms with van der Waals surface area (Å²) < 4.78 is 54.8. The summed E-state index contributed by atoms with van der Waals surface area (Å²) in [5, 5.41) is 8.55. The average Bonchev–Trinajstić information content (AvgIpc) is 3.45. The van der Waals surface area contributed by atoms with Gasteiger partial charge in [-0.2, -0.15) is 0 Å². The quantitative estimate of drug-likeness (QED) is 0.0247. The van der Waals surface area contributed by atoms with Crippen molar-refractivity contribution in [2.45, 2.75) is 137 Å². The summed E-state index contributed by atoms with van der Waals surface area (Å²) in [6.07, 6.45) is 0. The van der Waals surface area contributed by atoms with Crippen molar-refractivity contribution in [1.29, 1.82) is 0 Å². The summed E-state index contributed by atoms with van der Waals surface area (Å²) in [4.78, 5) is 123. The first-order valence-electron chi connectivity index (χ1n) is 26.6. The molecule has 0 aromatic heterocycles. The van der Waals surface area contributed by atoms with E-state index in [-0.39, 0.29) is 33.0 Å². The van der Waals surface area contributed by atoms with Crippen molar-refractivity contribution < 1.29 is 95.3 Å².